The highest BCUT2D eigenvalue weighted by Crippen LogP contribution is 2.41. The highest BCUT2D eigenvalue weighted by Gasteiger charge is 2.32. The largest absolute Gasteiger partial charge is 0.494 e. The number of piperidine rings is 1. The summed E-state index contributed by atoms with van der Waals surface area (Å²) >= 11 is 0. The molecule has 254 valence electrons. The maximum atomic E-state index is 15.1. The molecule has 0 radical (unpaired) electrons. The van der Waals surface area contributed by atoms with Crippen molar-refractivity contribution in [3.8, 4) is 5.75 Å². The van der Waals surface area contributed by atoms with Crippen molar-refractivity contribution in [2.75, 3.05) is 73.6 Å². The number of benzene rings is 2. The number of anilines is 5. The minimum Gasteiger partial charge on any atom is -0.494 e. The van der Waals surface area contributed by atoms with E-state index in [1.807, 2.05) is 23.1 Å². The van der Waals surface area contributed by atoms with Gasteiger partial charge in [-0.3, -0.25) is 19.3 Å². The fourth-order valence-electron chi connectivity index (χ4n) is 6.83. The van der Waals surface area contributed by atoms with E-state index in [4.69, 9.17) is 9.57 Å². The highest BCUT2D eigenvalue weighted by atomic mass is 19.1. The van der Waals surface area contributed by atoms with Crippen molar-refractivity contribution in [2.24, 2.45) is 0 Å². The number of aromatic nitrogens is 2. The number of ether oxygens (including phenoxy) is 1. The van der Waals surface area contributed by atoms with Gasteiger partial charge in [0.25, 0.3) is 0 Å². The number of halogens is 1. The SMILES string of the molecule is C=CC(=O)Nc1cc(Nc2cc(N3OCCC3c3cccc(C)c3F)ncn2)c(OC)cc1N1CCC(N2CCN(C(C)=O)CC2)CC1. The highest BCUT2D eigenvalue weighted by molar-refractivity contribution is 6.02. The molecule has 12 nitrogen and oxygen atoms in total. The molecule has 1 atom stereocenters. The van der Waals surface area contributed by atoms with Crippen LogP contribution in [-0.2, 0) is 14.4 Å². The molecule has 13 heteroatoms. The summed E-state index contributed by atoms with van der Waals surface area (Å²) in [5.74, 6) is 1.08. The van der Waals surface area contributed by atoms with Crippen LogP contribution in [0.4, 0.5) is 33.1 Å². The number of nitrogens with one attached hydrogen (secondary N) is 2. The number of hydroxylamine groups is 1. The van der Waals surface area contributed by atoms with Crippen LogP contribution in [-0.4, -0.2) is 90.6 Å². The zero-order chi connectivity index (χ0) is 33.8. The van der Waals surface area contributed by atoms with Crippen LogP contribution in [0, 0.1) is 12.7 Å². The number of hydrogen-bond donors (Lipinski definition) is 2. The topological polar surface area (TPSA) is 115 Å². The fraction of sp³-hybridized carbons (Fsp3) is 0.429. The summed E-state index contributed by atoms with van der Waals surface area (Å²) in [6.45, 7) is 12.4. The molecule has 3 aromatic rings. The van der Waals surface area contributed by atoms with E-state index in [2.05, 4.69) is 37.0 Å². The molecule has 6 rings (SSSR count). The predicted octanol–water partition coefficient (Wildman–Crippen LogP) is 4.82. The minimum absolute atomic E-state index is 0.134. The number of carbonyl (C=O) groups excluding carboxylic acids is 2. The summed E-state index contributed by atoms with van der Waals surface area (Å²) in [4.78, 5) is 45.8. The van der Waals surface area contributed by atoms with E-state index >= 15 is 4.39 Å². The van der Waals surface area contributed by atoms with Crippen molar-refractivity contribution in [3.05, 3.63) is 72.3 Å². The van der Waals surface area contributed by atoms with E-state index in [1.54, 1.807) is 44.2 Å². The Hall–Kier alpha value is -4.75. The first-order valence-electron chi connectivity index (χ1n) is 16.4. The van der Waals surface area contributed by atoms with Gasteiger partial charge in [-0.2, -0.15) is 0 Å². The molecule has 3 aliphatic rings. The van der Waals surface area contributed by atoms with E-state index in [9.17, 15) is 9.59 Å². The summed E-state index contributed by atoms with van der Waals surface area (Å²) in [6, 6.07) is 11.0. The number of aryl methyl sites for hydroxylation is 1. The molecule has 3 aliphatic heterocycles. The van der Waals surface area contributed by atoms with E-state index in [-0.39, 0.29) is 23.7 Å². The molecule has 1 unspecified atom stereocenters. The van der Waals surface area contributed by atoms with Gasteiger partial charge < -0.3 is 25.2 Å². The van der Waals surface area contributed by atoms with E-state index < -0.39 is 0 Å². The molecule has 2 aromatic carbocycles. The van der Waals surface area contributed by atoms with Gasteiger partial charge in [0.1, 0.15) is 23.7 Å². The molecule has 3 saturated heterocycles. The standard InChI is InChI=1S/C35H43FN8O4/c1-5-34(46)40-27-19-28(31(47-4)20-30(27)43-12-9-25(10-13-43)42-16-14-41(15-17-42)24(3)45)39-32-21-33(38-22-37-32)44-29(11-18-48-44)26-8-6-7-23(2)35(26)36/h5-8,19-22,25,29H,1,9-18H2,2-4H3,(H,40,46)(H,37,38,39). The van der Waals surface area contributed by atoms with E-state index in [0.717, 1.165) is 57.8 Å². The Kier molecular flexibility index (Phi) is 10.1. The molecule has 2 N–H and O–H groups in total. The van der Waals surface area contributed by atoms with Gasteiger partial charge in [-0.1, -0.05) is 24.8 Å². The molecule has 1 aromatic heterocycles. The van der Waals surface area contributed by atoms with Crippen LogP contribution in [0.3, 0.4) is 0 Å². The minimum atomic E-state index is -0.337. The molecular weight excluding hydrogens is 615 g/mol. The first-order valence-corrected chi connectivity index (χ1v) is 16.4. The van der Waals surface area contributed by atoms with Crippen molar-refractivity contribution in [2.45, 2.75) is 45.2 Å². The van der Waals surface area contributed by atoms with Gasteiger partial charge >= 0.3 is 0 Å². The van der Waals surface area contributed by atoms with Gasteiger partial charge in [0.2, 0.25) is 11.8 Å². The lowest BCUT2D eigenvalue weighted by Gasteiger charge is -2.43. The number of methoxy groups -OCH3 is 1. The molecule has 0 saturated carbocycles. The van der Waals surface area contributed by atoms with Crippen LogP contribution in [0.25, 0.3) is 0 Å². The Morgan fingerprint density at radius 1 is 1.04 bits per heavy atom. The first kappa shape index (κ1) is 33.2. The van der Waals surface area contributed by atoms with Crippen LogP contribution in [0.1, 0.15) is 43.4 Å². The van der Waals surface area contributed by atoms with Crippen LogP contribution in [0.5, 0.6) is 5.75 Å². The molecular formula is C35H43FN8O4. The molecule has 2 amide bonds. The van der Waals surface area contributed by atoms with Gasteiger partial charge in [0.05, 0.1) is 36.8 Å². The van der Waals surface area contributed by atoms with Gasteiger partial charge in [-0.05, 0) is 37.5 Å². The lowest BCUT2D eigenvalue weighted by atomic mass is 10.0. The first-order chi connectivity index (χ1) is 23.2. The molecule has 4 heterocycles. The molecule has 48 heavy (non-hydrogen) atoms. The van der Waals surface area contributed by atoms with Gasteiger partial charge in [-0.15, -0.1) is 0 Å². The van der Waals surface area contributed by atoms with Crippen molar-refractivity contribution in [1.82, 2.24) is 19.8 Å². The number of nitrogens with zero attached hydrogens (tertiary/aromatic N) is 6. The second-order valence-corrected chi connectivity index (χ2v) is 12.4. The van der Waals surface area contributed by atoms with E-state index in [0.29, 0.717) is 59.0 Å². The summed E-state index contributed by atoms with van der Waals surface area (Å²) in [7, 11) is 1.60. The number of rotatable bonds is 9. The van der Waals surface area contributed by atoms with Crippen molar-refractivity contribution >= 4 is 40.5 Å². The Morgan fingerprint density at radius 3 is 2.52 bits per heavy atom. The molecule has 3 fully saturated rings. The maximum absolute atomic E-state index is 15.1. The van der Waals surface area contributed by atoms with Crippen LogP contribution in [0.15, 0.2) is 55.4 Å². The fourth-order valence-corrected chi connectivity index (χ4v) is 6.83. The summed E-state index contributed by atoms with van der Waals surface area (Å²) in [5, 5.41) is 7.93. The predicted molar refractivity (Wildman–Crippen MR) is 183 cm³/mol. The second-order valence-electron chi connectivity index (χ2n) is 12.4. The van der Waals surface area contributed by atoms with Crippen LogP contribution < -0.4 is 25.3 Å². The number of amides is 2. The third kappa shape index (κ3) is 7.07. The third-order valence-corrected chi connectivity index (χ3v) is 9.47. The van der Waals surface area contributed by atoms with Crippen molar-refractivity contribution in [1.29, 1.82) is 0 Å². The number of hydrogen-bond acceptors (Lipinski definition) is 10. The average Bonchev–Trinajstić information content (AvgIpc) is 3.60. The lowest BCUT2D eigenvalue weighted by Crippen LogP contribution is -2.54. The Morgan fingerprint density at radius 2 is 1.81 bits per heavy atom. The average molecular weight is 659 g/mol. The third-order valence-electron chi connectivity index (χ3n) is 9.47. The van der Waals surface area contributed by atoms with Gasteiger partial charge in [0, 0.05) is 76.4 Å². The van der Waals surface area contributed by atoms with Gasteiger partial charge in [-0.25, -0.2) is 19.4 Å². The molecule has 0 spiro atoms. The van der Waals surface area contributed by atoms with Crippen LogP contribution >= 0.6 is 0 Å². The van der Waals surface area contributed by atoms with E-state index in [1.165, 1.54) is 12.4 Å². The Bertz CT molecular complexity index is 1660. The maximum Gasteiger partial charge on any atom is 0.247 e. The Balaban J connectivity index is 1.21. The number of piperazine rings is 1. The number of carbonyl (C=O) groups is 2. The second kappa shape index (κ2) is 14.6. The van der Waals surface area contributed by atoms with Crippen molar-refractivity contribution < 1.29 is 23.6 Å². The normalized spacial score (nSPS) is 18.9. The summed E-state index contributed by atoms with van der Waals surface area (Å²) in [5.41, 5.74) is 3.19. The van der Waals surface area contributed by atoms with Crippen LogP contribution in [0.2, 0.25) is 0 Å². The van der Waals surface area contributed by atoms with Gasteiger partial charge in [0.15, 0.2) is 5.82 Å². The zero-order valence-corrected chi connectivity index (χ0v) is 27.7. The monoisotopic (exact) mass is 658 g/mol. The van der Waals surface area contributed by atoms with Crippen molar-refractivity contribution in [3.63, 3.8) is 0 Å². The molecule has 0 bridgehead atoms. The Labute approximate surface area is 280 Å². The quantitative estimate of drug-likeness (QED) is 0.310. The molecule has 0 aliphatic carbocycles. The summed E-state index contributed by atoms with van der Waals surface area (Å²) < 4.78 is 20.9. The smallest absolute Gasteiger partial charge is 0.247 e. The lowest BCUT2D eigenvalue weighted by molar-refractivity contribution is -0.131. The zero-order valence-electron chi connectivity index (χ0n) is 27.7. The summed E-state index contributed by atoms with van der Waals surface area (Å²) in [6.07, 6.45) is 5.21.